The fraction of sp³-hybridized carbons (Fsp3) is 0.333. The molecule has 0 aliphatic carbocycles. The summed E-state index contributed by atoms with van der Waals surface area (Å²) in [6.07, 6.45) is 2.44. The van der Waals surface area contributed by atoms with Gasteiger partial charge in [-0.05, 0) is 61.6 Å². The number of benzene rings is 2. The molecule has 36 heavy (non-hydrogen) atoms. The maximum absolute atomic E-state index is 12.5. The Morgan fingerprint density at radius 3 is 2.42 bits per heavy atom. The van der Waals surface area contributed by atoms with Gasteiger partial charge in [0.05, 0.1) is 12.1 Å². The Morgan fingerprint density at radius 2 is 1.75 bits per heavy atom. The number of rotatable bonds is 6. The third-order valence-corrected chi connectivity index (χ3v) is 6.98. The van der Waals surface area contributed by atoms with Crippen LogP contribution in [-0.4, -0.2) is 46.1 Å². The summed E-state index contributed by atoms with van der Waals surface area (Å²) in [4.78, 5) is 26.4. The quantitative estimate of drug-likeness (QED) is 0.546. The van der Waals surface area contributed by atoms with Gasteiger partial charge >= 0.3 is 0 Å². The van der Waals surface area contributed by atoms with Crippen LogP contribution in [0.15, 0.2) is 54.6 Å². The maximum atomic E-state index is 12.5. The number of primary amides is 1. The third kappa shape index (κ3) is 4.62. The van der Waals surface area contributed by atoms with Crippen LogP contribution in [0.4, 0.5) is 5.82 Å². The summed E-state index contributed by atoms with van der Waals surface area (Å²) in [5.41, 5.74) is 7.54. The van der Waals surface area contributed by atoms with Crippen LogP contribution < -0.4 is 15.8 Å². The molecule has 9 heteroatoms. The Kier molecular flexibility index (Phi) is 6.58. The van der Waals surface area contributed by atoms with Gasteiger partial charge in [0.15, 0.2) is 0 Å². The molecule has 0 bridgehead atoms. The van der Waals surface area contributed by atoms with Crippen LogP contribution in [0.2, 0.25) is 0 Å². The van der Waals surface area contributed by atoms with E-state index in [4.69, 9.17) is 20.8 Å². The molecule has 0 spiro atoms. The zero-order valence-electron chi connectivity index (χ0n) is 19.9. The van der Waals surface area contributed by atoms with Crippen molar-refractivity contribution in [1.29, 1.82) is 5.26 Å². The number of nitrogens with two attached hydrogens (primary N) is 1. The van der Waals surface area contributed by atoms with Gasteiger partial charge < -0.3 is 20.7 Å². The minimum absolute atomic E-state index is 0.0815. The molecule has 0 radical (unpaired) electrons. The van der Waals surface area contributed by atoms with Crippen molar-refractivity contribution in [3.63, 3.8) is 0 Å². The predicted molar refractivity (Wildman–Crippen MR) is 134 cm³/mol. The summed E-state index contributed by atoms with van der Waals surface area (Å²) < 4.78 is 7.81. The summed E-state index contributed by atoms with van der Waals surface area (Å²) in [6, 6.07) is 19.0. The van der Waals surface area contributed by atoms with Crippen molar-refractivity contribution in [3.05, 3.63) is 60.2 Å². The number of anilines is 1. The number of para-hydroxylation sites is 1. The molecule has 184 valence electrons. The molecule has 2 aromatic carbocycles. The number of aromatic nitrogens is 2. The van der Waals surface area contributed by atoms with Gasteiger partial charge in [-0.1, -0.05) is 18.2 Å². The Hall–Kier alpha value is -4.32. The molecule has 3 N–H and O–H groups in total. The molecule has 3 heterocycles. The van der Waals surface area contributed by atoms with Crippen LogP contribution in [0.3, 0.4) is 0 Å². The van der Waals surface area contributed by atoms with Gasteiger partial charge in [0.25, 0.3) is 5.91 Å². The number of nitrogens with zero attached hydrogens (tertiary/aromatic N) is 4. The largest absolute Gasteiger partial charge is 0.457 e. The highest BCUT2D eigenvalue weighted by Crippen LogP contribution is 2.40. The van der Waals surface area contributed by atoms with Crippen molar-refractivity contribution in [2.75, 3.05) is 25.0 Å². The first-order valence-electron chi connectivity index (χ1n) is 12.2. The van der Waals surface area contributed by atoms with E-state index in [0.29, 0.717) is 48.4 Å². The molecular formula is C27H28N6O3. The van der Waals surface area contributed by atoms with Crippen molar-refractivity contribution < 1.29 is 14.3 Å². The van der Waals surface area contributed by atoms with E-state index in [9.17, 15) is 9.59 Å². The average Bonchev–Trinajstić information content (AvgIpc) is 3.30. The number of ether oxygens (including phenoxy) is 1. The summed E-state index contributed by atoms with van der Waals surface area (Å²) in [7, 11) is 0. The highest BCUT2D eigenvalue weighted by atomic mass is 16.5. The minimum Gasteiger partial charge on any atom is -0.457 e. The first kappa shape index (κ1) is 23.4. The molecule has 2 amide bonds. The molecule has 5 rings (SSSR count). The van der Waals surface area contributed by atoms with Crippen LogP contribution >= 0.6 is 0 Å². The number of fused-ring (bicyclic) bond motifs is 1. The number of hydrogen-bond acceptors (Lipinski definition) is 6. The molecule has 3 aromatic rings. The topological polar surface area (TPSA) is 126 Å². The van der Waals surface area contributed by atoms with Crippen molar-refractivity contribution in [2.45, 2.75) is 31.7 Å². The van der Waals surface area contributed by atoms with Crippen molar-refractivity contribution in [2.24, 2.45) is 11.7 Å². The number of nitrogens with one attached hydrogen (secondary N) is 1. The lowest BCUT2D eigenvalue weighted by molar-refractivity contribution is -0.131. The van der Waals surface area contributed by atoms with Crippen LogP contribution in [0, 0.1) is 17.2 Å². The Morgan fingerprint density at radius 1 is 1.06 bits per heavy atom. The molecule has 1 aromatic heterocycles. The van der Waals surface area contributed by atoms with Crippen molar-refractivity contribution in [3.8, 4) is 28.8 Å². The van der Waals surface area contributed by atoms with Gasteiger partial charge in [-0.3, -0.25) is 9.59 Å². The van der Waals surface area contributed by atoms with Crippen LogP contribution in [-0.2, 0) is 4.79 Å². The molecule has 0 unspecified atom stereocenters. The van der Waals surface area contributed by atoms with Crippen molar-refractivity contribution >= 4 is 17.6 Å². The number of piperidine rings is 1. The Bertz CT molecular complexity index is 1290. The standard InChI is InChI=1S/C27H28N6O3/c28-14-10-23(34)32-16-12-18(13-17-32)22-11-15-30-27-24(26(29)35)25(31-33(22)27)19-6-8-21(9-7-19)36-20-4-2-1-3-5-20/h1-9,18,22,30H,10-13,15-17H2,(H2,29,35)/t22-/m0/s1. The van der Waals surface area contributed by atoms with E-state index < -0.39 is 5.91 Å². The lowest BCUT2D eigenvalue weighted by atomic mass is 9.86. The number of likely N-dealkylation sites (tertiary alicyclic amines) is 1. The zero-order chi connectivity index (χ0) is 25.1. The van der Waals surface area contributed by atoms with Gasteiger partial charge in [0, 0.05) is 25.2 Å². The van der Waals surface area contributed by atoms with Crippen LogP contribution in [0.1, 0.15) is 42.1 Å². The first-order valence-corrected chi connectivity index (χ1v) is 12.2. The Labute approximate surface area is 209 Å². The molecule has 2 aliphatic heterocycles. The predicted octanol–water partition coefficient (Wildman–Crippen LogP) is 3.95. The lowest BCUT2D eigenvalue weighted by Gasteiger charge is -2.38. The van der Waals surface area contributed by atoms with E-state index >= 15 is 0 Å². The van der Waals surface area contributed by atoms with Gasteiger partial charge in [-0.2, -0.15) is 10.4 Å². The summed E-state index contributed by atoms with van der Waals surface area (Å²) >= 11 is 0. The monoisotopic (exact) mass is 484 g/mol. The number of amides is 2. The maximum Gasteiger partial charge on any atom is 0.254 e. The zero-order valence-corrected chi connectivity index (χ0v) is 19.9. The highest BCUT2D eigenvalue weighted by molar-refractivity contribution is 6.03. The summed E-state index contributed by atoms with van der Waals surface area (Å²) in [6.45, 7) is 1.97. The van der Waals surface area contributed by atoms with E-state index in [-0.39, 0.29) is 18.4 Å². The molecule has 2 aliphatic rings. The summed E-state index contributed by atoms with van der Waals surface area (Å²) in [5, 5.41) is 17.0. The molecule has 1 fully saturated rings. The lowest BCUT2D eigenvalue weighted by Crippen LogP contribution is -2.41. The van der Waals surface area contributed by atoms with E-state index in [2.05, 4.69) is 5.32 Å². The van der Waals surface area contributed by atoms with Crippen LogP contribution in [0.25, 0.3) is 11.3 Å². The second kappa shape index (κ2) is 10.1. The molecule has 9 nitrogen and oxygen atoms in total. The van der Waals surface area contributed by atoms with Gasteiger partial charge in [0.1, 0.15) is 35.0 Å². The molecule has 1 saturated heterocycles. The molecule has 0 saturated carbocycles. The van der Waals surface area contributed by atoms with Gasteiger partial charge in [0.2, 0.25) is 5.91 Å². The second-order valence-corrected chi connectivity index (χ2v) is 9.16. The van der Waals surface area contributed by atoms with Gasteiger partial charge in [-0.25, -0.2) is 4.68 Å². The van der Waals surface area contributed by atoms with E-state index in [0.717, 1.165) is 30.6 Å². The van der Waals surface area contributed by atoms with E-state index in [1.165, 1.54) is 0 Å². The first-order chi connectivity index (χ1) is 17.5. The smallest absolute Gasteiger partial charge is 0.254 e. The van der Waals surface area contributed by atoms with Gasteiger partial charge in [-0.15, -0.1) is 0 Å². The highest BCUT2D eigenvalue weighted by Gasteiger charge is 2.35. The van der Waals surface area contributed by atoms with Crippen LogP contribution in [0.5, 0.6) is 11.5 Å². The fourth-order valence-corrected chi connectivity index (χ4v) is 5.19. The number of carbonyl (C=O) groups excluding carboxylic acids is 2. The average molecular weight is 485 g/mol. The normalized spacial score (nSPS) is 17.5. The minimum atomic E-state index is -0.527. The number of hydrogen-bond donors (Lipinski definition) is 2. The SMILES string of the molecule is N#CCC(=O)N1CCC([C@@H]2CCNc3c(C(N)=O)c(-c4ccc(Oc5ccccc5)cc4)nn32)CC1. The molecular weight excluding hydrogens is 456 g/mol. The number of carbonyl (C=O) groups is 2. The fourth-order valence-electron chi connectivity index (χ4n) is 5.19. The second-order valence-electron chi connectivity index (χ2n) is 9.16. The summed E-state index contributed by atoms with van der Waals surface area (Å²) in [5.74, 6) is 1.75. The molecule has 1 atom stereocenters. The van der Waals surface area contributed by atoms with E-state index in [1.807, 2.05) is 65.3 Å². The Balaban J connectivity index is 1.39. The number of nitriles is 1. The van der Waals surface area contributed by atoms with Crippen molar-refractivity contribution in [1.82, 2.24) is 14.7 Å². The van der Waals surface area contributed by atoms with E-state index in [1.54, 1.807) is 4.90 Å². The third-order valence-electron chi connectivity index (χ3n) is 6.98.